The molecular weight excluding hydrogens is 196 g/mol. The molecule has 2 heterocycles. The Morgan fingerprint density at radius 1 is 1.64 bits per heavy atom. The van der Waals surface area contributed by atoms with E-state index in [2.05, 4.69) is 27.0 Å². The average Bonchev–Trinajstić information content (AvgIpc) is 2.61. The number of nitrogens with zero attached hydrogens (tertiary/aromatic N) is 2. The van der Waals surface area contributed by atoms with Crippen LogP contribution in [0.1, 0.15) is 31.5 Å². The third kappa shape index (κ3) is 1.74. The van der Waals surface area contributed by atoms with E-state index in [1.807, 2.05) is 0 Å². The second-order valence-corrected chi connectivity index (χ2v) is 4.06. The summed E-state index contributed by atoms with van der Waals surface area (Å²) in [5, 5.41) is 10.6. The highest BCUT2D eigenvalue weighted by Gasteiger charge is 2.20. The SMILES string of the molecule is CCn1c([C@H]2CCCNC2)n[nH]c1=S. The van der Waals surface area contributed by atoms with Gasteiger partial charge in [-0.2, -0.15) is 5.10 Å². The van der Waals surface area contributed by atoms with Crippen molar-refractivity contribution in [1.82, 2.24) is 20.1 Å². The maximum absolute atomic E-state index is 5.17. The van der Waals surface area contributed by atoms with Gasteiger partial charge in [0.1, 0.15) is 5.82 Å². The van der Waals surface area contributed by atoms with Crippen molar-refractivity contribution in [3.05, 3.63) is 10.6 Å². The first-order valence-electron chi connectivity index (χ1n) is 5.18. The summed E-state index contributed by atoms with van der Waals surface area (Å²) < 4.78 is 2.83. The van der Waals surface area contributed by atoms with Crippen molar-refractivity contribution in [2.45, 2.75) is 32.2 Å². The van der Waals surface area contributed by atoms with Crippen molar-refractivity contribution in [3.8, 4) is 0 Å². The number of nitrogens with one attached hydrogen (secondary N) is 2. The molecule has 2 N–H and O–H groups in total. The van der Waals surface area contributed by atoms with Gasteiger partial charge in [0, 0.05) is 19.0 Å². The van der Waals surface area contributed by atoms with Crippen LogP contribution in [0.3, 0.4) is 0 Å². The Labute approximate surface area is 88.7 Å². The summed E-state index contributed by atoms with van der Waals surface area (Å²) in [6.07, 6.45) is 2.45. The van der Waals surface area contributed by atoms with Crippen LogP contribution in [0, 0.1) is 4.77 Å². The Bertz CT molecular complexity index is 348. The molecule has 0 aromatic carbocycles. The van der Waals surface area contributed by atoms with Crippen molar-refractivity contribution in [1.29, 1.82) is 0 Å². The molecule has 0 bridgehead atoms. The zero-order valence-electron chi connectivity index (χ0n) is 8.42. The average molecular weight is 212 g/mol. The molecule has 1 aromatic heterocycles. The smallest absolute Gasteiger partial charge is 0.195 e. The fourth-order valence-electron chi connectivity index (χ4n) is 2.02. The first kappa shape index (κ1) is 9.86. The van der Waals surface area contributed by atoms with Gasteiger partial charge in [-0.1, -0.05) is 0 Å². The molecule has 5 heteroatoms. The van der Waals surface area contributed by atoms with Gasteiger partial charge in [0.2, 0.25) is 0 Å². The summed E-state index contributed by atoms with van der Waals surface area (Å²) in [6, 6.07) is 0. The molecule has 1 aliphatic rings. The topological polar surface area (TPSA) is 45.6 Å². The molecule has 4 nitrogen and oxygen atoms in total. The van der Waals surface area contributed by atoms with Crippen LogP contribution in [-0.4, -0.2) is 27.9 Å². The number of hydrogen-bond donors (Lipinski definition) is 2. The molecule has 0 aliphatic carbocycles. The summed E-state index contributed by atoms with van der Waals surface area (Å²) in [7, 11) is 0. The van der Waals surface area contributed by atoms with E-state index in [4.69, 9.17) is 12.2 Å². The molecule has 1 fully saturated rings. The zero-order valence-corrected chi connectivity index (χ0v) is 9.23. The molecule has 0 amide bonds. The molecule has 1 aliphatic heterocycles. The minimum Gasteiger partial charge on any atom is -0.316 e. The monoisotopic (exact) mass is 212 g/mol. The largest absolute Gasteiger partial charge is 0.316 e. The third-order valence-electron chi connectivity index (χ3n) is 2.77. The van der Waals surface area contributed by atoms with Gasteiger partial charge in [-0.3, -0.25) is 5.10 Å². The molecular formula is C9H16N4S. The van der Waals surface area contributed by atoms with Gasteiger partial charge in [0.25, 0.3) is 0 Å². The number of hydrogen-bond acceptors (Lipinski definition) is 3. The standard InChI is InChI=1S/C9H16N4S/c1-2-13-8(11-12-9(13)14)7-4-3-5-10-6-7/h7,10H,2-6H2,1H3,(H,12,14)/t7-/m0/s1. The summed E-state index contributed by atoms with van der Waals surface area (Å²) in [5.74, 6) is 1.64. The lowest BCUT2D eigenvalue weighted by atomic mass is 9.99. The molecule has 0 radical (unpaired) electrons. The molecule has 0 spiro atoms. The second kappa shape index (κ2) is 4.23. The van der Waals surface area contributed by atoms with Crippen LogP contribution >= 0.6 is 12.2 Å². The van der Waals surface area contributed by atoms with Gasteiger partial charge in [-0.05, 0) is 38.5 Å². The van der Waals surface area contributed by atoms with E-state index in [0.29, 0.717) is 5.92 Å². The Morgan fingerprint density at radius 3 is 3.14 bits per heavy atom. The quantitative estimate of drug-likeness (QED) is 0.729. The highest BCUT2D eigenvalue weighted by molar-refractivity contribution is 7.71. The normalized spacial score (nSPS) is 22.5. The van der Waals surface area contributed by atoms with Gasteiger partial charge >= 0.3 is 0 Å². The van der Waals surface area contributed by atoms with Crippen molar-refractivity contribution in [2.75, 3.05) is 13.1 Å². The lowest BCUT2D eigenvalue weighted by molar-refractivity contribution is 0.433. The molecule has 1 atom stereocenters. The highest BCUT2D eigenvalue weighted by atomic mass is 32.1. The Balaban J connectivity index is 2.25. The van der Waals surface area contributed by atoms with Gasteiger partial charge in [-0.25, -0.2) is 0 Å². The number of aromatic nitrogens is 3. The lowest BCUT2D eigenvalue weighted by Gasteiger charge is -2.22. The highest BCUT2D eigenvalue weighted by Crippen LogP contribution is 2.21. The van der Waals surface area contributed by atoms with E-state index in [0.717, 1.165) is 30.2 Å². The molecule has 14 heavy (non-hydrogen) atoms. The van der Waals surface area contributed by atoms with Crippen molar-refractivity contribution in [2.24, 2.45) is 0 Å². The van der Waals surface area contributed by atoms with Crippen LogP contribution in [0.4, 0.5) is 0 Å². The van der Waals surface area contributed by atoms with Crippen LogP contribution in [-0.2, 0) is 6.54 Å². The minimum absolute atomic E-state index is 0.525. The van der Waals surface area contributed by atoms with E-state index >= 15 is 0 Å². The molecule has 2 rings (SSSR count). The Kier molecular flexibility index (Phi) is 2.98. The van der Waals surface area contributed by atoms with Gasteiger partial charge < -0.3 is 9.88 Å². The first-order valence-corrected chi connectivity index (χ1v) is 5.59. The molecule has 0 saturated carbocycles. The maximum atomic E-state index is 5.17. The van der Waals surface area contributed by atoms with Crippen molar-refractivity contribution < 1.29 is 0 Å². The van der Waals surface area contributed by atoms with Crippen molar-refractivity contribution >= 4 is 12.2 Å². The Morgan fingerprint density at radius 2 is 2.50 bits per heavy atom. The predicted octanol–water partition coefficient (Wildman–Crippen LogP) is 1.43. The van der Waals surface area contributed by atoms with Crippen LogP contribution in [0.25, 0.3) is 0 Å². The summed E-state index contributed by atoms with van der Waals surface area (Å²) >= 11 is 5.17. The van der Waals surface area contributed by atoms with Crippen molar-refractivity contribution in [3.63, 3.8) is 0 Å². The molecule has 0 unspecified atom stereocenters. The zero-order chi connectivity index (χ0) is 9.97. The summed E-state index contributed by atoms with van der Waals surface area (Å²) in [5.41, 5.74) is 0. The third-order valence-corrected chi connectivity index (χ3v) is 3.08. The lowest BCUT2D eigenvalue weighted by Crippen LogP contribution is -2.30. The fraction of sp³-hybridized carbons (Fsp3) is 0.778. The number of H-pyrrole nitrogens is 1. The van der Waals surface area contributed by atoms with Crippen LogP contribution in [0.15, 0.2) is 0 Å². The van der Waals surface area contributed by atoms with E-state index < -0.39 is 0 Å². The van der Waals surface area contributed by atoms with E-state index in [1.165, 1.54) is 12.8 Å². The number of rotatable bonds is 2. The minimum atomic E-state index is 0.525. The van der Waals surface area contributed by atoms with Gasteiger partial charge in [0.05, 0.1) is 0 Å². The second-order valence-electron chi connectivity index (χ2n) is 3.67. The van der Waals surface area contributed by atoms with Crippen LogP contribution < -0.4 is 5.32 Å². The molecule has 78 valence electrons. The first-order chi connectivity index (χ1) is 6.83. The van der Waals surface area contributed by atoms with E-state index in [1.54, 1.807) is 0 Å². The molecule has 1 saturated heterocycles. The van der Waals surface area contributed by atoms with Gasteiger partial charge in [0.15, 0.2) is 4.77 Å². The number of aromatic amines is 1. The van der Waals surface area contributed by atoms with E-state index in [-0.39, 0.29) is 0 Å². The number of piperidine rings is 1. The van der Waals surface area contributed by atoms with E-state index in [9.17, 15) is 0 Å². The van der Waals surface area contributed by atoms with Crippen LogP contribution in [0.5, 0.6) is 0 Å². The Hall–Kier alpha value is -0.680. The predicted molar refractivity (Wildman–Crippen MR) is 57.9 cm³/mol. The summed E-state index contributed by atoms with van der Waals surface area (Å²) in [6.45, 7) is 5.17. The maximum Gasteiger partial charge on any atom is 0.195 e. The van der Waals surface area contributed by atoms with Gasteiger partial charge in [-0.15, -0.1) is 0 Å². The van der Waals surface area contributed by atoms with Crippen LogP contribution in [0.2, 0.25) is 0 Å². The fourth-order valence-corrected chi connectivity index (χ4v) is 2.29. The molecule has 1 aromatic rings. The summed E-state index contributed by atoms with van der Waals surface area (Å²) in [4.78, 5) is 0.